The summed E-state index contributed by atoms with van der Waals surface area (Å²) >= 11 is 1.66. The molecule has 0 bridgehead atoms. The van der Waals surface area contributed by atoms with Gasteiger partial charge in [0.05, 0.1) is 12.1 Å². The smallest absolute Gasteiger partial charge is 0.237 e. The second kappa shape index (κ2) is 5.28. The number of hydrogen-bond donors (Lipinski definition) is 2. The molecule has 0 aliphatic rings. The van der Waals surface area contributed by atoms with Gasteiger partial charge in [-0.25, -0.2) is 0 Å². The van der Waals surface area contributed by atoms with Crippen LogP contribution in [0.5, 0.6) is 0 Å². The Balaban J connectivity index is 2.72. The molecular formula is C11H18N2OS. The molecule has 1 amide bonds. The van der Waals surface area contributed by atoms with E-state index in [4.69, 9.17) is 5.73 Å². The van der Waals surface area contributed by atoms with E-state index in [2.05, 4.69) is 19.2 Å². The lowest BCUT2D eigenvalue weighted by molar-refractivity contribution is -0.123. The number of hydrogen-bond acceptors (Lipinski definition) is 3. The fraction of sp³-hybridized carbons (Fsp3) is 0.545. The van der Waals surface area contributed by atoms with E-state index in [9.17, 15) is 4.79 Å². The summed E-state index contributed by atoms with van der Waals surface area (Å²) in [5, 5.41) is 4.98. The molecule has 0 spiro atoms. The predicted molar refractivity (Wildman–Crippen MR) is 63.7 cm³/mol. The maximum absolute atomic E-state index is 11.5. The summed E-state index contributed by atoms with van der Waals surface area (Å²) in [4.78, 5) is 12.7. The Morgan fingerprint density at radius 1 is 1.47 bits per heavy atom. The zero-order valence-electron chi connectivity index (χ0n) is 9.36. The van der Waals surface area contributed by atoms with Crippen LogP contribution in [-0.2, 0) is 4.79 Å². The van der Waals surface area contributed by atoms with Crippen LogP contribution in [0, 0.1) is 5.92 Å². The molecule has 2 atom stereocenters. The van der Waals surface area contributed by atoms with Crippen LogP contribution in [0.15, 0.2) is 17.5 Å². The van der Waals surface area contributed by atoms with Gasteiger partial charge in [0, 0.05) is 4.88 Å². The van der Waals surface area contributed by atoms with E-state index in [-0.39, 0.29) is 11.9 Å². The van der Waals surface area contributed by atoms with Crippen LogP contribution in [-0.4, -0.2) is 11.9 Å². The molecule has 84 valence electrons. The van der Waals surface area contributed by atoms with Crippen molar-refractivity contribution in [3.8, 4) is 0 Å². The van der Waals surface area contributed by atoms with Crippen molar-refractivity contribution in [3.05, 3.63) is 22.4 Å². The van der Waals surface area contributed by atoms with Crippen molar-refractivity contribution in [2.75, 3.05) is 0 Å². The summed E-state index contributed by atoms with van der Waals surface area (Å²) in [6.45, 7) is 5.87. The van der Waals surface area contributed by atoms with E-state index in [1.807, 2.05) is 17.5 Å². The molecule has 0 aliphatic heterocycles. The Bertz CT molecular complexity index is 306. The van der Waals surface area contributed by atoms with E-state index in [0.717, 1.165) is 0 Å². The Kier molecular flexibility index (Phi) is 4.29. The molecular weight excluding hydrogens is 208 g/mol. The topological polar surface area (TPSA) is 55.1 Å². The Morgan fingerprint density at radius 2 is 2.13 bits per heavy atom. The lowest BCUT2D eigenvalue weighted by Gasteiger charge is -2.22. The van der Waals surface area contributed by atoms with Crippen molar-refractivity contribution >= 4 is 17.2 Å². The highest BCUT2D eigenvalue weighted by molar-refractivity contribution is 7.10. The molecule has 0 radical (unpaired) electrons. The Morgan fingerprint density at radius 3 is 2.53 bits per heavy atom. The van der Waals surface area contributed by atoms with Crippen LogP contribution in [0.1, 0.15) is 31.7 Å². The van der Waals surface area contributed by atoms with E-state index in [1.165, 1.54) is 4.88 Å². The number of rotatable bonds is 4. The molecule has 4 heteroatoms. The molecule has 0 aliphatic carbocycles. The highest BCUT2D eigenvalue weighted by Crippen LogP contribution is 2.25. The normalized spacial score (nSPS) is 15.0. The number of carbonyl (C=O) groups is 1. The second-order valence-electron chi connectivity index (χ2n) is 4.03. The van der Waals surface area contributed by atoms with Crippen LogP contribution in [0.3, 0.4) is 0 Å². The first-order valence-electron chi connectivity index (χ1n) is 5.11. The average Bonchev–Trinajstić information content (AvgIpc) is 2.65. The predicted octanol–water partition coefficient (Wildman–Crippen LogP) is 1.91. The number of nitrogens with two attached hydrogens (primary N) is 1. The third-order valence-corrected chi connectivity index (χ3v) is 3.18. The number of amides is 1. The van der Waals surface area contributed by atoms with Gasteiger partial charge in [-0.3, -0.25) is 4.79 Å². The van der Waals surface area contributed by atoms with Crippen molar-refractivity contribution in [1.29, 1.82) is 0 Å². The third-order valence-electron chi connectivity index (χ3n) is 2.23. The van der Waals surface area contributed by atoms with Crippen LogP contribution < -0.4 is 11.1 Å². The van der Waals surface area contributed by atoms with Crippen LogP contribution >= 0.6 is 11.3 Å². The van der Waals surface area contributed by atoms with Gasteiger partial charge in [0.1, 0.15) is 0 Å². The maximum atomic E-state index is 11.5. The van der Waals surface area contributed by atoms with E-state index < -0.39 is 6.04 Å². The first-order valence-corrected chi connectivity index (χ1v) is 5.99. The highest BCUT2D eigenvalue weighted by atomic mass is 32.1. The van der Waals surface area contributed by atoms with Crippen molar-refractivity contribution in [2.24, 2.45) is 11.7 Å². The van der Waals surface area contributed by atoms with Crippen molar-refractivity contribution in [3.63, 3.8) is 0 Å². The number of nitrogens with one attached hydrogen (secondary N) is 1. The van der Waals surface area contributed by atoms with Gasteiger partial charge in [0.2, 0.25) is 5.91 Å². The molecule has 0 saturated carbocycles. The van der Waals surface area contributed by atoms with Gasteiger partial charge in [-0.2, -0.15) is 0 Å². The molecule has 1 unspecified atom stereocenters. The molecule has 0 saturated heterocycles. The van der Waals surface area contributed by atoms with Crippen molar-refractivity contribution in [1.82, 2.24) is 5.32 Å². The van der Waals surface area contributed by atoms with Gasteiger partial charge >= 0.3 is 0 Å². The lowest BCUT2D eigenvalue weighted by Crippen LogP contribution is -2.41. The first kappa shape index (κ1) is 12.2. The van der Waals surface area contributed by atoms with Gasteiger partial charge < -0.3 is 11.1 Å². The standard InChI is InChI=1S/C11H18N2OS/c1-7(2)10(9-5-4-6-15-9)13-11(14)8(3)12/h4-8,10H,12H2,1-3H3,(H,13,14)/t8-,10?/m0/s1. The van der Waals surface area contributed by atoms with Gasteiger partial charge in [-0.05, 0) is 24.3 Å². The van der Waals surface area contributed by atoms with Crippen molar-refractivity contribution in [2.45, 2.75) is 32.9 Å². The minimum Gasteiger partial charge on any atom is -0.347 e. The molecule has 1 heterocycles. The number of thiophene rings is 1. The van der Waals surface area contributed by atoms with Gasteiger partial charge in [-0.1, -0.05) is 19.9 Å². The SMILES string of the molecule is CC(C)C(NC(=O)[C@H](C)N)c1cccs1. The first-order chi connectivity index (χ1) is 7.02. The zero-order valence-corrected chi connectivity index (χ0v) is 10.2. The minimum atomic E-state index is -0.453. The molecule has 3 nitrogen and oxygen atoms in total. The van der Waals surface area contributed by atoms with Crippen LogP contribution in [0.25, 0.3) is 0 Å². The maximum Gasteiger partial charge on any atom is 0.237 e. The summed E-state index contributed by atoms with van der Waals surface area (Å²) in [6.07, 6.45) is 0. The summed E-state index contributed by atoms with van der Waals surface area (Å²) in [5.74, 6) is 0.272. The molecule has 15 heavy (non-hydrogen) atoms. The average molecular weight is 226 g/mol. The van der Waals surface area contributed by atoms with Gasteiger partial charge in [0.15, 0.2) is 0 Å². The fourth-order valence-electron chi connectivity index (χ4n) is 1.32. The van der Waals surface area contributed by atoms with E-state index in [1.54, 1.807) is 18.3 Å². The van der Waals surface area contributed by atoms with E-state index in [0.29, 0.717) is 5.92 Å². The fourth-order valence-corrected chi connectivity index (χ4v) is 2.27. The van der Waals surface area contributed by atoms with Crippen molar-refractivity contribution < 1.29 is 4.79 Å². The highest BCUT2D eigenvalue weighted by Gasteiger charge is 2.20. The van der Waals surface area contributed by atoms with Crippen LogP contribution in [0.2, 0.25) is 0 Å². The third kappa shape index (κ3) is 3.32. The van der Waals surface area contributed by atoms with Gasteiger partial charge in [-0.15, -0.1) is 11.3 Å². The van der Waals surface area contributed by atoms with Crippen LogP contribution in [0.4, 0.5) is 0 Å². The van der Waals surface area contributed by atoms with Gasteiger partial charge in [0.25, 0.3) is 0 Å². The Labute approximate surface area is 94.7 Å². The van der Waals surface area contributed by atoms with E-state index >= 15 is 0 Å². The second-order valence-corrected chi connectivity index (χ2v) is 5.01. The molecule has 1 rings (SSSR count). The largest absolute Gasteiger partial charge is 0.347 e. The Hall–Kier alpha value is -0.870. The minimum absolute atomic E-state index is 0.0727. The zero-order chi connectivity index (χ0) is 11.4. The molecule has 0 aromatic carbocycles. The molecule has 0 fully saturated rings. The summed E-state index contributed by atoms with van der Waals surface area (Å²) in [5.41, 5.74) is 5.53. The number of carbonyl (C=O) groups excluding carboxylic acids is 1. The summed E-state index contributed by atoms with van der Waals surface area (Å²) in [6, 6.07) is 3.65. The molecule has 3 N–H and O–H groups in total. The molecule has 1 aromatic rings. The summed E-state index contributed by atoms with van der Waals surface area (Å²) < 4.78 is 0. The lowest BCUT2D eigenvalue weighted by atomic mass is 10.0. The molecule has 1 aromatic heterocycles. The quantitative estimate of drug-likeness (QED) is 0.824. The summed E-state index contributed by atoms with van der Waals surface area (Å²) in [7, 11) is 0. The monoisotopic (exact) mass is 226 g/mol.